The minimum Gasteiger partial charge on any atom is -0.351 e. The summed E-state index contributed by atoms with van der Waals surface area (Å²) < 4.78 is 5.47. The van der Waals surface area contributed by atoms with Gasteiger partial charge in [0.15, 0.2) is 0 Å². The molecule has 152 valence electrons. The Hall–Kier alpha value is -3.45. The molecule has 7 heteroatoms. The fraction of sp³-hybridized carbons (Fsp3) is 0.261. The second kappa shape index (κ2) is 7.76. The van der Waals surface area contributed by atoms with E-state index in [4.69, 9.17) is 4.52 Å². The number of hydrogen-bond acceptors (Lipinski definition) is 5. The number of aromatic nitrogens is 3. The lowest BCUT2D eigenvalue weighted by Crippen LogP contribution is -2.48. The lowest BCUT2D eigenvalue weighted by atomic mass is 10.1. The molecule has 0 saturated carbocycles. The molecule has 2 aromatic heterocycles. The zero-order valence-electron chi connectivity index (χ0n) is 16.8. The second-order valence-electron chi connectivity index (χ2n) is 7.67. The molecule has 0 aliphatic carbocycles. The molecule has 5 rings (SSSR count). The molecule has 1 saturated heterocycles. The van der Waals surface area contributed by atoms with Crippen LogP contribution in [0.15, 0.2) is 59.1 Å². The standard InChI is InChI=1S/C23H23N5O2/c1-16-6-2-4-8-18(16)22-25-21(30-26-22)15-27-10-12-28(13-11-27)23(29)20-14-17-7-3-5-9-19(17)24-20/h2-9,14,24H,10-13,15H2,1H3. The number of carbonyl (C=O) groups excluding carboxylic acids is 1. The molecule has 1 aliphatic heterocycles. The van der Waals surface area contributed by atoms with Crippen LogP contribution in [0.25, 0.3) is 22.3 Å². The Morgan fingerprint density at radius 2 is 1.83 bits per heavy atom. The molecule has 1 aliphatic rings. The molecule has 4 aromatic rings. The van der Waals surface area contributed by atoms with Gasteiger partial charge in [0.2, 0.25) is 11.7 Å². The van der Waals surface area contributed by atoms with Gasteiger partial charge in [0.05, 0.1) is 6.54 Å². The van der Waals surface area contributed by atoms with Crippen LogP contribution in [0, 0.1) is 6.92 Å². The van der Waals surface area contributed by atoms with Gasteiger partial charge in [0.25, 0.3) is 5.91 Å². The van der Waals surface area contributed by atoms with Crippen molar-refractivity contribution in [2.75, 3.05) is 26.2 Å². The summed E-state index contributed by atoms with van der Waals surface area (Å²) in [7, 11) is 0. The highest BCUT2D eigenvalue weighted by molar-refractivity contribution is 5.98. The van der Waals surface area contributed by atoms with E-state index in [2.05, 4.69) is 20.0 Å². The molecule has 0 radical (unpaired) electrons. The zero-order chi connectivity index (χ0) is 20.5. The van der Waals surface area contributed by atoms with Crippen molar-refractivity contribution in [1.29, 1.82) is 0 Å². The summed E-state index contributed by atoms with van der Waals surface area (Å²) in [5.74, 6) is 1.27. The number of hydrogen-bond donors (Lipinski definition) is 1. The number of carbonyl (C=O) groups is 1. The van der Waals surface area contributed by atoms with Crippen LogP contribution in [0.5, 0.6) is 0 Å². The third-order valence-electron chi connectivity index (χ3n) is 5.63. The molecule has 0 atom stereocenters. The smallest absolute Gasteiger partial charge is 0.270 e. The first-order valence-electron chi connectivity index (χ1n) is 10.2. The summed E-state index contributed by atoms with van der Waals surface area (Å²) in [5.41, 5.74) is 3.74. The van der Waals surface area contributed by atoms with Gasteiger partial charge in [-0.1, -0.05) is 47.6 Å². The van der Waals surface area contributed by atoms with Crippen molar-refractivity contribution in [3.63, 3.8) is 0 Å². The maximum Gasteiger partial charge on any atom is 0.270 e. The second-order valence-corrected chi connectivity index (χ2v) is 7.67. The highest BCUT2D eigenvalue weighted by atomic mass is 16.5. The molecule has 1 amide bonds. The lowest BCUT2D eigenvalue weighted by Gasteiger charge is -2.33. The van der Waals surface area contributed by atoms with E-state index >= 15 is 0 Å². The molecular weight excluding hydrogens is 378 g/mol. The Balaban J connectivity index is 1.20. The Bertz CT molecular complexity index is 1150. The van der Waals surface area contributed by atoms with Crippen LogP contribution in [-0.4, -0.2) is 57.0 Å². The Morgan fingerprint density at radius 3 is 2.63 bits per heavy atom. The SMILES string of the molecule is Cc1ccccc1-c1noc(CN2CCN(C(=O)c3cc4ccccc4[nH]3)CC2)n1. The summed E-state index contributed by atoms with van der Waals surface area (Å²) in [5, 5.41) is 5.19. The highest BCUT2D eigenvalue weighted by Crippen LogP contribution is 2.21. The summed E-state index contributed by atoms with van der Waals surface area (Å²) in [6.45, 7) is 5.52. The van der Waals surface area contributed by atoms with E-state index < -0.39 is 0 Å². The van der Waals surface area contributed by atoms with Gasteiger partial charge < -0.3 is 14.4 Å². The van der Waals surface area contributed by atoms with Gasteiger partial charge in [0.1, 0.15) is 5.69 Å². The Labute approximate surface area is 174 Å². The number of para-hydroxylation sites is 1. The third-order valence-corrected chi connectivity index (χ3v) is 5.63. The van der Waals surface area contributed by atoms with Crippen molar-refractivity contribution in [3.05, 3.63) is 71.7 Å². The van der Waals surface area contributed by atoms with Crippen LogP contribution in [0.2, 0.25) is 0 Å². The number of benzene rings is 2. The molecule has 3 heterocycles. The zero-order valence-corrected chi connectivity index (χ0v) is 16.8. The van der Waals surface area contributed by atoms with Crippen LogP contribution in [-0.2, 0) is 6.54 Å². The number of fused-ring (bicyclic) bond motifs is 1. The molecule has 2 aromatic carbocycles. The monoisotopic (exact) mass is 401 g/mol. The van der Waals surface area contributed by atoms with Crippen LogP contribution in [0.4, 0.5) is 0 Å². The number of nitrogens with zero attached hydrogens (tertiary/aromatic N) is 4. The normalized spacial score (nSPS) is 15.0. The minimum absolute atomic E-state index is 0.0467. The van der Waals surface area contributed by atoms with E-state index in [1.807, 2.05) is 66.4 Å². The van der Waals surface area contributed by atoms with Crippen molar-refractivity contribution in [3.8, 4) is 11.4 Å². The van der Waals surface area contributed by atoms with Gasteiger partial charge in [-0.2, -0.15) is 4.98 Å². The first-order chi connectivity index (χ1) is 14.7. The van der Waals surface area contributed by atoms with E-state index in [9.17, 15) is 4.79 Å². The molecule has 1 N–H and O–H groups in total. The summed E-state index contributed by atoms with van der Waals surface area (Å²) >= 11 is 0. The molecule has 30 heavy (non-hydrogen) atoms. The van der Waals surface area contributed by atoms with Gasteiger partial charge in [0, 0.05) is 42.6 Å². The van der Waals surface area contributed by atoms with Crippen LogP contribution >= 0.6 is 0 Å². The molecule has 1 fully saturated rings. The average molecular weight is 401 g/mol. The number of rotatable bonds is 4. The Morgan fingerprint density at radius 1 is 1.07 bits per heavy atom. The highest BCUT2D eigenvalue weighted by Gasteiger charge is 2.24. The average Bonchev–Trinajstić information content (AvgIpc) is 3.41. The van der Waals surface area contributed by atoms with E-state index in [0.717, 1.165) is 35.1 Å². The van der Waals surface area contributed by atoms with Crippen LogP contribution in [0.3, 0.4) is 0 Å². The minimum atomic E-state index is 0.0467. The predicted octanol–water partition coefficient (Wildman–Crippen LogP) is 3.48. The molecule has 0 bridgehead atoms. The lowest BCUT2D eigenvalue weighted by molar-refractivity contribution is 0.0610. The number of piperazine rings is 1. The van der Waals surface area contributed by atoms with Crippen molar-refractivity contribution >= 4 is 16.8 Å². The van der Waals surface area contributed by atoms with Gasteiger partial charge in [-0.3, -0.25) is 9.69 Å². The predicted molar refractivity (Wildman–Crippen MR) is 114 cm³/mol. The third kappa shape index (κ3) is 3.59. The first-order valence-corrected chi connectivity index (χ1v) is 10.2. The van der Waals surface area contributed by atoms with Crippen LogP contribution < -0.4 is 0 Å². The van der Waals surface area contributed by atoms with E-state index in [1.54, 1.807) is 0 Å². The fourth-order valence-electron chi connectivity index (χ4n) is 3.91. The number of aromatic amines is 1. The Kier molecular flexibility index (Phi) is 4.80. The van der Waals surface area contributed by atoms with Crippen molar-refractivity contribution < 1.29 is 9.32 Å². The topological polar surface area (TPSA) is 78.3 Å². The molecular formula is C23H23N5O2. The maximum atomic E-state index is 12.9. The summed E-state index contributed by atoms with van der Waals surface area (Å²) in [4.78, 5) is 24.8. The quantitative estimate of drug-likeness (QED) is 0.566. The molecule has 7 nitrogen and oxygen atoms in total. The first kappa shape index (κ1) is 18.6. The van der Waals surface area contributed by atoms with E-state index in [-0.39, 0.29) is 5.91 Å². The van der Waals surface area contributed by atoms with Crippen LogP contribution in [0.1, 0.15) is 21.9 Å². The number of aryl methyl sites for hydroxylation is 1. The number of H-pyrrole nitrogens is 1. The molecule has 0 spiro atoms. The molecule has 0 unspecified atom stereocenters. The van der Waals surface area contributed by atoms with E-state index in [1.165, 1.54) is 0 Å². The van der Waals surface area contributed by atoms with Crippen molar-refractivity contribution in [2.24, 2.45) is 0 Å². The van der Waals surface area contributed by atoms with Gasteiger partial charge in [-0.15, -0.1) is 0 Å². The largest absolute Gasteiger partial charge is 0.351 e. The van der Waals surface area contributed by atoms with Crippen molar-refractivity contribution in [2.45, 2.75) is 13.5 Å². The number of nitrogens with one attached hydrogen (secondary N) is 1. The maximum absolute atomic E-state index is 12.9. The summed E-state index contributed by atoms with van der Waals surface area (Å²) in [6, 6.07) is 17.9. The van der Waals surface area contributed by atoms with Gasteiger partial charge in [-0.05, 0) is 24.6 Å². The van der Waals surface area contributed by atoms with E-state index in [0.29, 0.717) is 37.0 Å². The van der Waals surface area contributed by atoms with Gasteiger partial charge in [-0.25, -0.2) is 0 Å². The van der Waals surface area contributed by atoms with Gasteiger partial charge >= 0.3 is 0 Å². The number of amides is 1. The van der Waals surface area contributed by atoms with Crippen molar-refractivity contribution in [1.82, 2.24) is 24.9 Å². The fourth-order valence-corrected chi connectivity index (χ4v) is 3.91. The summed E-state index contributed by atoms with van der Waals surface area (Å²) in [6.07, 6.45) is 0.